The minimum Gasteiger partial charge on any atom is -0.434 e. The third kappa shape index (κ3) is 4.80. The lowest BCUT2D eigenvalue weighted by molar-refractivity contribution is 0.313. The van der Waals surface area contributed by atoms with Crippen molar-refractivity contribution in [2.75, 3.05) is 43.4 Å². The van der Waals surface area contributed by atoms with Crippen LogP contribution in [0.4, 0.5) is 21.6 Å². The average Bonchev–Trinajstić information content (AvgIpc) is 3.24. The number of ether oxygens (including phenoxy) is 1. The van der Waals surface area contributed by atoms with E-state index in [9.17, 15) is 5.26 Å². The van der Waals surface area contributed by atoms with Gasteiger partial charge in [-0.3, -0.25) is 0 Å². The molecule has 0 amide bonds. The first-order chi connectivity index (χ1) is 17.9. The SMILES string of the molecule is Cc1cc2c(F)c(Oc3ncnc(Nc4ccc(N5CCN(C)CC5)cc4)c3C#N)ccc2n1C(C)C. The fraction of sp³-hybridized carbons (Fsp3) is 0.321. The topological polar surface area (TPSA) is 82.2 Å². The Morgan fingerprint density at radius 3 is 2.46 bits per heavy atom. The molecule has 1 aliphatic rings. The van der Waals surface area contributed by atoms with Crippen molar-refractivity contribution in [3.05, 3.63) is 65.9 Å². The number of aromatic nitrogens is 3. The maximum Gasteiger partial charge on any atom is 0.242 e. The summed E-state index contributed by atoms with van der Waals surface area (Å²) in [6.07, 6.45) is 1.30. The number of hydrogen-bond acceptors (Lipinski definition) is 7. The van der Waals surface area contributed by atoms with Crippen molar-refractivity contribution in [1.82, 2.24) is 19.4 Å². The van der Waals surface area contributed by atoms with Gasteiger partial charge in [0, 0.05) is 54.7 Å². The van der Waals surface area contributed by atoms with Crippen LogP contribution < -0.4 is 15.0 Å². The van der Waals surface area contributed by atoms with E-state index in [4.69, 9.17) is 4.74 Å². The zero-order valence-corrected chi connectivity index (χ0v) is 21.5. The van der Waals surface area contributed by atoms with Crippen molar-refractivity contribution in [3.63, 3.8) is 0 Å². The number of hydrogen-bond donors (Lipinski definition) is 1. The number of fused-ring (bicyclic) bond motifs is 1. The summed E-state index contributed by atoms with van der Waals surface area (Å²) >= 11 is 0. The van der Waals surface area contributed by atoms with Crippen molar-refractivity contribution >= 4 is 28.1 Å². The van der Waals surface area contributed by atoms with Crippen molar-refractivity contribution in [2.24, 2.45) is 0 Å². The molecule has 1 fully saturated rings. The summed E-state index contributed by atoms with van der Waals surface area (Å²) in [4.78, 5) is 13.0. The number of anilines is 3. The van der Waals surface area contributed by atoms with Crippen LogP contribution in [-0.4, -0.2) is 52.7 Å². The maximum absolute atomic E-state index is 15.4. The largest absolute Gasteiger partial charge is 0.434 e. The monoisotopic (exact) mass is 499 g/mol. The van der Waals surface area contributed by atoms with Gasteiger partial charge in [-0.05, 0) is 70.3 Å². The Labute approximate surface area is 215 Å². The predicted molar refractivity (Wildman–Crippen MR) is 143 cm³/mol. The highest BCUT2D eigenvalue weighted by Gasteiger charge is 2.20. The minimum absolute atomic E-state index is 0.00563. The minimum atomic E-state index is -0.489. The molecule has 3 heterocycles. The molecule has 1 saturated heterocycles. The molecule has 0 bridgehead atoms. The summed E-state index contributed by atoms with van der Waals surface area (Å²) < 4.78 is 23.3. The van der Waals surface area contributed by atoms with Gasteiger partial charge in [0.2, 0.25) is 5.88 Å². The van der Waals surface area contributed by atoms with Gasteiger partial charge < -0.3 is 24.4 Å². The molecule has 2 aromatic carbocycles. The van der Waals surface area contributed by atoms with Gasteiger partial charge in [-0.2, -0.15) is 5.26 Å². The predicted octanol–water partition coefficient (Wildman–Crippen LogP) is 5.62. The van der Waals surface area contributed by atoms with Gasteiger partial charge in [0.15, 0.2) is 22.9 Å². The Morgan fingerprint density at radius 1 is 1.05 bits per heavy atom. The summed E-state index contributed by atoms with van der Waals surface area (Å²) in [7, 11) is 2.13. The first kappa shape index (κ1) is 24.5. The van der Waals surface area contributed by atoms with E-state index in [1.807, 2.05) is 43.3 Å². The molecule has 0 atom stereocenters. The van der Waals surface area contributed by atoms with E-state index >= 15 is 4.39 Å². The molecule has 190 valence electrons. The second-order valence-electron chi connectivity index (χ2n) is 9.64. The van der Waals surface area contributed by atoms with Gasteiger partial charge in [-0.1, -0.05) is 0 Å². The standard InChI is InChI=1S/C28H30FN7O/c1-18(2)36-19(3)15-22-24(36)9-10-25(26(22)29)37-28-23(16-30)27(31-17-32-28)33-20-5-7-21(8-6-20)35-13-11-34(4)12-14-35/h5-10,15,17-18H,11-14H2,1-4H3,(H,31,32,33). The van der Waals surface area contributed by atoms with Crippen LogP contribution in [0.2, 0.25) is 0 Å². The molecule has 37 heavy (non-hydrogen) atoms. The van der Waals surface area contributed by atoms with Crippen LogP contribution >= 0.6 is 0 Å². The number of benzene rings is 2. The number of likely N-dealkylation sites (N-methyl/N-ethyl adjacent to an activating group) is 1. The van der Waals surface area contributed by atoms with Gasteiger partial charge in [0.1, 0.15) is 12.4 Å². The zero-order chi connectivity index (χ0) is 26.1. The van der Waals surface area contributed by atoms with E-state index in [1.165, 1.54) is 6.33 Å². The first-order valence-corrected chi connectivity index (χ1v) is 12.4. The number of piperazine rings is 1. The first-order valence-electron chi connectivity index (χ1n) is 12.4. The summed E-state index contributed by atoms with van der Waals surface area (Å²) in [5, 5.41) is 13.5. The number of nitrogens with zero attached hydrogens (tertiary/aromatic N) is 6. The van der Waals surface area contributed by atoms with Gasteiger partial charge in [-0.15, -0.1) is 0 Å². The maximum atomic E-state index is 15.4. The van der Waals surface area contributed by atoms with Gasteiger partial charge in [0.25, 0.3) is 0 Å². The molecule has 1 aliphatic heterocycles. The average molecular weight is 500 g/mol. The van der Waals surface area contributed by atoms with Crippen molar-refractivity contribution in [3.8, 4) is 17.7 Å². The molecule has 0 aliphatic carbocycles. The Bertz CT molecular complexity index is 1460. The zero-order valence-electron chi connectivity index (χ0n) is 21.5. The van der Waals surface area contributed by atoms with Gasteiger partial charge in [0.05, 0.1) is 5.52 Å². The summed E-state index contributed by atoms with van der Waals surface area (Å²) in [6.45, 7) is 10.1. The fourth-order valence-corrected chi connectivity index (χ4v) is 4.85. The molecule has 5 rings (SSSR count). The number of halogens is 1. The quantitative estimate of drug-likeness (QED) is 0.369. The van der Waals surface area contributed by atoms with Crippen LogP contribution in [0.1, 0.15) is 31.1 Å². The van der Waals surface area contributed by atoms with E-state index in [0.717, 1.165) is 48.8 Å². The number of nitriles is 1. The molecule has 1 N–H and O–H groups in total. The summed E-state index contributed by atoms with van der Waals surface area (Å²) in [6, 6.07) is 15.5. The lowest BCUT2D eigenvalue weighted by atomic mass is 10.2. The highest BCUT2D eigenvalue weighted by atomic mass is 19.1. The Morgan fingerprint density at radius 2 is 1.78 bits per heavy atom. The van der Waals surface area contributed by atoms with E-state index in [1.54, 1.807) is 6.07 Å². The van der Waals surface area contributed by atoms with Crippen LogP contribution in [-0.2, 0) is 0 Å². The number of aryl methyl sites for hydroxylation is 1. The Kier molecular flexibility index (Phi) is 6.68. The molecule has 0 radical (unpaired) electrons. The lowest BCUT2D eigenvalue weighted by Gasteiger charge is -2.34. The molecular formula is C28H30FN7O. The van der Waals surface area contributed by atoms with Gasteiger partial charge >= 0.3 is 0 Å². The molecule has 0 saturated carbocycles. The van der Waals surface area contributed by atoms with Gasteiger partial charge in [-0.25, -0.2) is 14.4 Å². The lowest BCUT2D eigenvalue weighted by Crippen LogP contribution is -2.44. The van der Waals surface area contributed by atoms with E-state index < -0.39 is 5.82 Å². The van der Waals surface area contributed by atoms with Crippen LogP contribution in [0.15, 0.2) is 48.8 Å². The molecule has 0 unspecified atom stereocenters. The fourth-order valence-electron chi connectivity index (χ4n) is 4.85. The van der Waals surface area contributed by atoms with E-state index in [-0.39, 0.29) is 23.2 Å². The number of rotatable bonds is 6. The molecule has 8 nitrogen and oxygen atoms in total. The van der Waals surface area contributed by atoms with Crippen LogP contribution in [0.25, 0.3) is 10.9 Å². The normalized spacial score (nSPS) is 14.2. The Hall–Kier alpha value is -4.16. The molecule has 0 spiro atoms. The molecule has 2 aromatic heterocycles. The second kappa shape index (κ2) is 10.1. The van der Waals surface area contributed by atoms with Crippen LogP contribution in [0.5, 0.6) is 11.6 Å². The highest BCUT2D eigenvalue weighted by Crippen LogP contribution is 2.35. The van der Waals surface area contributed by atoms with E-state index in [2.05, 4.69) is 56.6 Å². The highest BCUT2D eigenvalue weighted by molar-refractivity contribution is 5.84. The Balaban J connectivity index is 1.38. The molecular weight excluding hydrogens is 469 g/mol. The smallest absolute Gasteiger partial charge is 0.242 e. The van der Waals surface area contributed by atoms with Crippen LogP contribution in [0.3, 0.4) is 0 Å². The van der Waals surface area contributed by atoms with Crippen molar-refractivity contribution in [1.29, 1.82) is 5.26 Å². The third-order valence-electron chi connectivity index (χ3n) is 6.76. The summed E-state index contributed by atoms with van der Waals surface area (Å²) in [5.74, 6) is -0.196. The van der Waals surface area contributed by atoms with Crippen molar-refractivity contribution in [2.45, 2.75) is 26.8 Å². The second-order valence-corrected chi connectivity index (χ2v) is 9.64. The van der Waals surface area contributed by atoms with Crippen LogP contribution in [0, 0.1) is 24.1 Å². The third-order valence-corrected chi connectivity index (χ3v) is 6.76. The van der Waals surface area contributed by atoms with E-state index in [0.29, 0.717) is 11.2 Å². The number of nitrogens with one attached hydrogen (secondary N) is 1. The summed E-state index contributed by atoms with van der Waals surface area (Å²) in [5.41, 5.74) is 3.78. The molecule has 9 heteroatoms. The van der Waals surface area contributed by atoms with Crippen molar-refractivity contribution < 1.29 is 9.13 Å². The molecule has 4 aromatic rings.